The second kappa shape index (κ2) is 3.55. The summed E-state index contributed by atoms with van der Waals surface area (Å²) in [6.45, 7) is 2.08. The van der Waals surface area contributed by atoms with Gasteiger partial charge in [-0.05, 0) is 25.7 Å². The first-order valence-corrected chi connectivity index (χ1v) is 4.56. The van der Waals surface area contributed by atoms with Crippen LogP contribution in [0.3, 0.4) is 0 Å². The maximum Gasteiger partial charge on any atom is 0.0611 e. The summed E-state index contributed by atoms with van der Waals surface area (Å²) in [5, 5.41) is 9.02. The molecule has 0 aromatic heterocycles. The van der Waals surface area contributed by atoms with E-state index in [0.717, 1.165) is 0 Å². The van der Waals surface area contributed by atoms with Gasteiger partial charge < -0.3 is 10.8 Å². The van der Waals surface area contributed by atoms with Crippen molar-refractivity contribution >= 4 is 0 Å². The Bertz CT molecular complexity index is 117. The summed E-state index contributed by atoms with van der Waals surface area (Å²) >= 11 is 0. The summed E-state index contributed by atoms with van der Waals surface area (Å²) in [5.74, 6) is 0.543. The Morgan fingerprint density at radius 3 is 2.36 bits per heavy atom. The fourth-order valence-corrected chi connectivity index (χ4v) is 1.89. The van der Waals surface area contributed by atoms with E-state index in [1.165, 1.54) is 32.1 Å². The molecule has 2 heteroatoms. The second-order valence-corrected chi connectivity index (χ2v) is 4.00. The molecule has 1 rings (SSSR count). The predicted molar refractivity (Wildman–Crippen MR) is 46.3 cm³/mol. The van der Waals surface area contributed by atoms with Crippen LogP contribution in [-0.2, 0) is 0 Å². The van der Waals surface area contributed by atoms with Crippen LogP contribution >= 0.6 is 0 Å². The zero-order valence-corrected chi connectivity index (χ0v) is 7.34. The van der Waals surface area contributed by atoms with Gasteiger partial charge in [-0.25, -0.2) is 0 Å². The van der Waals surface area contributed by atoms with Crippen LogP contribution < -0.4 is 5.73 Å². The van der Waals surface area contributed by atoms with Gasteiger partial charge in [0, 0.05) is 5.54 Å². The molecule has 1 unspecified atom stereocenters. The van der Waals surface area contributed by atoms with Gasteiger partial charge in [0.25, 0.3) is 0 Å². The molecular weight excluding hydrogens is 138 g/mol. The molecule has 1 saturated carbocycles. The van der Waals surface area contributed by atoms with Crippen molar-refractivity contribution in [1.29, 1.82) is 0 Å². The molecule has 0 aliphatic heterocycles. The van der Waals surface area contributed by atoms with E-state index in [4.69, 9.17) is 10.8 Å². The standard InChI is InChI=1S/C9H19NO/c1-9(10,7-11)8-5-3-2-4-6-8/h8,11H,2-7,10H2,1H3. The van der Waals surface area contributed by atoms with Crippen molar-refractivity contribution < 1.29 is 5.11 Å². The topological polar surface area (TPSA) is 46.2 Å². The molecule has 3 N–H and O–H groups in total. The molecule has 0 heterocycles. The maximum atomic E-state index is 9.02. The van der Waals surface area contributed by atoms with E-state index in [2.05, 4.69) is 0 Å². The van der Waals surface area contributed by atoms with E-state index in [9.17, 15) is 0 Å². The third kappa shape index (κ3) is 2.17. The van der Waals surface area contributed by atoms with Gasteiger partial charge >= 0.3 is 0 Å². The van der Waals surface area contributed by atoms with Crippen LogP contribution in [0.25, 0.3) is 0 Å². The third-order valence-electron chi connectivity index (χ3n) is 2.88. The van der Waals surface area contributed by atoms with Crippen molar-refractivity contribution in [2.75, 3.05) is 6.61 Å². The predicted octanol–water partition coefficient (Wildman–Crippen LogP) is 1.28. The van der Waals surface area contributed by atoms with E-state index in [0.29, 0.717) is 5.92 Å². The Morgan fingerprint density at radius 1 is 1.36 bits per heavy atom. The Balaban J connectivity index is 2.43. The van der Waals surface area contributed by atoms with E-state index in [1.54, 1.807) is 0 Å². The lowest BCUT2D eigenvalue weighted by molar-refractivity contribution is 0.128. The van der Waals surface area contributed by atoms with Crippen LogP contribution in [0.4, 0.5) is 0 Å². The zero-order chi connectivity index (χ0) is 8.32. The molecule has 1 atom stereocenters. The molecular formula is C9H19NO. The van der Waals surface area contributed by atoms with Crippen molar-refractivity contribution in [3.05, 3.63) is 0 Å². The number of aliphatic hydroxyl groups is 1. The van der Waals surface area contributed by atoms with Crippen molar-refractivity contribution in [3.8, 4) is 0 Å². The molecule has 1 aliphatic rings. The molecule has 0 amide bonds. The Labute approximate surface area is 68.8 Å². The Kier molecular flexibility index (Phi) is 2.90. The highest BCUT2D eigenvalue weighted by Gasteiger charge is 2.30. The van der Waals surface area contributed by atoms with Crippen LogP contribution in [0, 0.1) is 5.92 Å². The molecule has 2 nitrogen and oxygen atoms in total. The smallest absolute Gasteiger partial charge is 0.0611 e. The second-order valence-electron chi connectivity index (χ2n) is 4.00. The minimum atomic E-state index is -0.333. The summed E-state index contributed by atoms with van der Waals surface area (Å²) < 4.78 is 0. The first kappa shape index (κ1) is 9.01. The highest BCUT2D eigenvalue weighted by Crippen LogP contribution is 2.30. The van der Waals surface area contributed by atoms with Gasteiger partial charge in [-0.2, -0.15) is 0 Å². The van der Waals surface area contributed by atoms with E-state index in [-0.39, 0.29) is 12.1 Å². The summed E-state index contributed by atoms with van der Waals surface area (Å²) in [6, 6.07) is 0. The van der Waals surface area contributed by atoms with Crippen LogP contribution in [0.5, 0.6) is 0 Å². The van der Waals surface area contributed by atoms with Crippen molar-refractivity contribution in [3.63, 3.8) is 0 Å². The number of aliphatic hydroxyl groups excluding tert-OH is 1. The summed E-state index contributed by atoms with van der Waals surface area (Å²) in [4.78, 5) is 0. The minimum absolute atomic E-state index is 0.123. The average molecular weight is 157 g/mol. The molecule has 1 aliphatic carbocycles. The monoisotopic (exact) mass is 157 g/mol. The quantitative estimate of drug-likeness (QED) is 0.634. The van der Waals surface area contributed by atoms with Gasteiger partial charge in [0.15, 0.2) is 0 Å². The molecule has 0 bridgehead atoms. The van der Waals surface area contributed by atoms with Gasteiger partial charge in [-0.1, -0.05) is 19.3 Å². The Morgan fingerprint density at radius 2 is 1.91 bits per heavy atom. The number of hydrogen-bond acceptors (Lipinski definition) is 2. The van der Waals surface area contributed by atoms with Crippen LogP contribution in [0.2, 0.25) is 0 Å². The summed E-state index contributed by atoms with van der Waals surface area (Å²) in [6.07, 6.45) is 6.33. The third-order valence-corrected chi connectivity index (χ3v) is 2.88. The maximum absolute atomic E-state index is 9.02. The fourth-order valence-electron chi connectivity index (χ4n) is 1.89. The lowest BCUT2D eigenvalue weighted by Crippen LogP contribution is -2.48. The molecule has 0 spiro atoms. The van der Waals surface area contributed by atoms with Gasteiger partial charge in [0.2, 0.25) is 0 Å². The van der Waals surface area contributed by atoms with Crippen molar-refractivity contribution in [2.24, 2.45) is 11.7 Å². The molecule has 11 heavy (non-hydrogen) atoms. The fraction of sp³-hybridized carbons (Fsp3) is 1.00. The van der Waals surface area contributed by atoms with Gasteiger partial charge in [0.1, 0.15) is 0 Å². The lowest BCUT2D eigenvalue weighted by Gasteiger charge is -2.35. The molecule has 0 aromatic rings. The van der Waals surface area contributed by atoms with Crippen LogP contribution in [0.15, 0.2) is 0 Å². The highest BCUT2D eigenvalue weighted by atomic mass is 16.3. The van der Waals surface area contributed by atoms with Gasteiger partial charge in [-0.15, -0.1) is 0 Å². The minimum Gasteiger partial charge on any atom is -0.394 e. The highest BCUT2D eigenvalue weighted by molar-refractivity contribution is 4.87. The molecule has 0 saturated heterocycles. The number of rotatable bonds is 2. The first-order chi connectivity index (χ1) is 5.17. The van der Waals surface area contributed by atoms with E-state index >= 15 is 0 Å². The number of hydrogen-bond donors (Lipinski definition) is 2. The largest absolute Gasteiger partial charge is 0.394 e. The van der Waals surface area contributed by atoms with Crippen LogP contribution in [0.1, 0.15) is 39.0 Å². The molecule has 66 valence electrons. The molecule has 1 fully saturated rings. The average Bonchev–Trinajstić information content (AvgIpc) is 2.06. The van der Waals surface area contributed by atoms with E-state index < -0.39 is 0 Å². The molecule has 0 aromatic carbocycles. The van der Waals surface area contributed by atoms with Crippen LogP contribution in [-0.4, -0.2) is 17.3 Å². The van der Waals surface area contributed by atoms with E-state index in [1.807, 2.05) is 6.92 Å². The lowest BCUT2D eigenvalue weighted by atomic mass is 9.77. The normalized spacial score (nSPS) is 26.5. The zero-order valence-electron chi connectivity index (χ0n) is 7.34. The first-order valence-electron chi connectivity index (χ1n) is 4.56. The summed E-state index contributed by atoms with van der Waals surface area (Å²) in [7, 11) is 0. The van der Waals surface area contributed by atoms with Crippen molar-refractivity contribution in [2.45, 2.75) is 44.6 Å². The number of nitrogens with two attached hydrogens (primary N) is 1. The molecule has 0 radical (unpaired) electrons. The Hall–Kier alpha value is -0.0800. The van der Waals surface area contributed by atoms with Gasteiger partial charge in [-0.3, -0.25) is 0 Å². The van der Waals surface area contributed by atoms with Gasteiger partial charge in [0.05, 0.1) is 6.61 Å². The van der Waals surface area contributed by atoms with Crippen molar-refractivity contribution in [1.82, 2.24) is 0 Å². The SMILES string of the molecule is CC(N)(CO)C1CCCCC1. The summed E-state index contributed by atoms with van der Waals surface area (Å²) in [5.41, 5.74) is 5.61.